The van der Waals surface area contributed by atoms with Gasteiger partial charge in [0, 0.05) is 55.7 Å². The van der Waals surface area contributed by atoms with Gasteiger partial charge in [0.2, 0.25) is 5.91 Å². The number of aliphatic carboxylic acids is 1. The van der Waals surface area contributed by atoms with Gasteiger partial charge in [0.1, 0.15) is 11.2 Å². The first kappa shape index (κ1) is 56.2. The summed E-state index contributed by atoms with van der Waals surface area (Å²) in [5.74, 6) is 1.33. The molecule has 0 bridgehead atoms. The molecule has 0 spiro atoms. The van der Waals surface area contributed by atoms with Crippen molar-refractivity contribution in [3.05, 3.63) is 79.8 Å². The van der Waals surface area contributed by atoms with Gasteiger partial charge in [-0.2, -0.15) is 0 Å². The fraction of sp³-hybridized carbons (Fsp3) is 0.655. The van der Waals surface area contributed by atoms with Crippen LogP contribution in [0.2, 0.25) is 10.0 Å². The number of nitrogens with one attached hydrogen (secondary N) is 1. The molecule has 2 atom stereocenters. The summed E-state index contributed by atoms with van der Waals surface area (Å²) < 4.78 is 10.8. The molecule has 2 aromatic carbocycles. The number of nitrogens with zero attached hydrogens (tertiary/aromatic N) is 3. The average Bonchev–Trinajstić information content (AvgIpc) is 3.85. The van der Waals surface area contributed by atoms with Crippen LogP contribution in [-0.4, -0.2) is 107 Å². The molecule has 0 saturated heterocycles. The van der Waals surface area contributed by atoms with E-state index >= 15 is 0 Å². The van der Waals surface area contributed by atoms with E-state index in [4.69, 9.17) is 37.8 Å². The number of carboxylic acid groups (broad SMARTS) is 1. The maximum atomic E-state index is 13.8. The van der Waals surface area contributed by atoms with Crippen LogP contribution in [0, 0.1) is 35.5 Å². The molecule has 2 aromatic rings. The highest BCUT2D eigenvalue weighted by molar-refractivity contribution is 6.31. The minimum atomic E-state index is -0.695. The molecular formula is C58H84Cl2N4O7. The van der Waals surface area contributed by atoms with Gasteiger partial charge in [-0.1, -0.05) is 63.0 Å². The SMILES string of the molecule is CC(C)C1C2=C(CCN1C(=O)C1CCC(CN(C)C(=O)OC(C)(C)C)CC1)c1ccc(Cl)cc1C2.CC(C)C1NCCC2=C1Cc1cc(Cl)ccc12.CN(CC1CCC(C(=O)O)CC1)C(=O)OC(C)(C)C. The van der Waals surface area contributed by atoms with Crippen LogP contribution in [-0.2, 0) is 31.9 Å². The zero-order valence-electron chi connectivity index (χ0n) is 44.9. The molecule has 6 aliphatic rings. The highest BCUT2D eigenvalue weighted by Gasteiger charge is 2.41. The Kier molecular flexibility index (Phi) is 18.9. The summed E-state index contributed by atoms with van der Waals surface area (Å²) in [6.45, 7) is 23.5. The van der Waals surface area contributed by atoms with Gasteiger partial charge in [-0.15, -0.1) is 0 Å². The Balaban J connectivity index is 0.000000192. The van der Waals surface area contributed by atoms with E-state index in [0.29, 0.717) is 61.6 Å². The normalized spacial score (nSPS) is 23.9. The number of carbonyl (C=O) groups is 4. The number of halogens is 2. The molecule has 0 radical (unpaired) electrons. The van der Waals surface area contributed by atoms with Crippen LogP contribution < -0.4 is 5.32 Å². The second kappa shape index (κ2) is 23.9. The first-order chi connectivity index (χ1) is 33.3. The Morgan fingerprint density at radius 2 is 1.13 bits per heavy atom. The molecule has 2 heterocycles. The molecule has 3 amide bonds. The molecular weight excluding hydrogens is 936 g/mol. The van der Waals surface area contributed by atoms with Crippen molar-refractivity contribution in [2.45, 2.75) is 170 Å². The van der Waals surface area contributed by atoms with E-state index in [1.807, 2.05) is 60.7 Å². The van der Waals surface area contributed by atoms with Crippen LogP contribution in [0.4, 0.5) is 9.59 Å². The monoisotopic (exact) mass is 1020 g/mol. The van der Waals surface area contributed by atoms with Gasteiger partial charge >= 0.3 is 18.2 Å². The van der Waals surface area contributed by atoms with E-state index in [1.54, 1.807) is 28.0 Å². The molecule has 4 aliphatic carbocycles. The molecule has 0 aromatic heterocycles. The lowest BCUT2D eigenvalue weighted by atomic mass is 9.79. The summed E-state index contributed by atoms with van der Waals surface area (Å²) >= 11 is 12.4. The largest absolute Gasteiger partial charge is 0.481 e. The van der Waals surface area contributed by atoms with Crippen LogP contribution in [0.1, 0.15) is 156 Å². The standard InChI is InChI=1S/C29H41ClN2O3.C15H18ClN.C14H25NO4/c1-18(2)26-25-16-21-15-22(30)11-12-23(21)24(25)13-14-32(26)27(33)20-9-7-19(8-10-20)17-31(6)28(34)35-29(3,4)5;1-9(2)15-14-8-10-7-11(16)3-4-12(10)13(14)5-6-17-15;1-14(2,3)19-13(18)15(4)9-10-5-7-11(8-6-10)12(16)17/h11-12,15,18-20,26H,7-10,13-14,16-17H2,1-6H3;3-4,7,9,15,17H,5-6,8H2,1-2H3;10-11H,5-9H2,1-4H3,(H,16,17). The number of hydrogen-bond acceptors (Lipinski definition) is 7. The Hall–Kier alpha value is -4.06. The smallest absolute Gasteiger partial charge is 0.410 e. The molecule has 2 fully saturated rings. The quantitative estimate of drug-likeness (QED) is 0.268. The Morgan fingerprint density at radius 1 is 0.676 bits per heavy atom. The van der Waals surface area contributed by atoms with Crippen LogP contribution in [0.15, 0.2) is 47.5 Å². The van der Waals surface area contributed by atoms with Crippen LogP contribution in [0.25, 0.3) is 11.1 Å². The molecule has 2 N–H and O–H groups in total. The van der Waals surface area contributed by atoms with Crippen molar-refractivity contribution in [3.8, 4) is 0 Å². The van der Waals surface area contributed by atoms with Crippen LogP contribution in [0.5, 0.6) is 0 Å². The number of benzene rings is 2. The first-order valence-corrected chi connectivity index (χ1v) is 27.2. The highest BCUT2D eigenvalue weighted by atomic mass is 35.5. The van der Waals surface area contributed by atoms with Crippen molar-refractivity contribution < 1.29 is 33.8 Å². The van der Waals surface area contributed by atoms with Gasteiger partial charge in [-0.3, -0.25) is 9.59 Å². The van der Waals surface area contributed by atoms with Crippen molar-refractivity contribution in [2.75, 3.05) is 40.3 Å². The van der Waals surface area contributed by atoms with Gasteiger partial charge in [-0.25, -0.2) is 9.59 Å². The Morgan fingerprint density at radius 3 is 1.56 bits per heavy atom. The molecule has 13 heteroatoms. The van der Waals surface area contributed by atoms with E-state index in [2.05, 4.69) is 62.2 Å². The maximum Gasteiger partial charge on any atom is 0.410 e. The van der Waals surface area contributed by atoms with Gasteiger partial charge in [0.15, 0.2) is 0 Å². The Bertz CT molecular complexity index is 2290. The number of amides is 3. The van der Waals surface area contributed by atoms with Crippen molar-refractivity contribution >= 4 is 58.4 Å². The third-order valence-electron chi connectivity index (χ3n) is 15.2. The van der Waals surface area contributed by atoms with E-state index in [9.17, 15) is 19.2 Å². The zero-order valence-corrected chi connectivity index (χ0v) is 46.4. The van der Waals surface area contributed by atoms with E-state index in [0.717, 1.165) is 87.3 Å². The van der Waals surface area contributed by atoms with Gasteiger partial charge < -0.3 is 34.6 Å². The molecule has 11 nitrogen and oxygen atoms in total. The Labute approximate surface area is 435 Å². The predicted molar refractivity (Wildman–Crippen MR) is 287 cm³/mol. The van der Waals surface area contributed by atoms with Crippen LogP contribution in [0.3, 0.4) is 0 Å². The number of ether oxygens (including phenoxy) is 2. The number of fused-ring (bicyclic) bond motifs is 4. The number of carbonyl (C=O) groups excluding carboxylic acids is 3. The summed E-state index contributed by atoms with van der Waals surface area (Å²) in [5.41, 5.74) is 10.6. The third-order valence-corrected chi connectivity index (χ3v) is 15.6. The average molecular weight is 1020 g/mol. The van der Waals surface area contributed by atoms with Crippen molar-refractivity contribution in [1.29, 1.82) is 0 Å². The second-order valence-electron chi connectivity index (χ2n) is 23.9. The zero-order chi connectivity index (χ0) is 52.1. The number of rotatable bonds is 8. The summed E-state index contributed by atoms with van der Waals surface area (Å²) in [4.78, 5) is 54.3. The van der Waals surface area contributed by atoms with Gasteiger partial charge in [0.25, 0.3) is 0 Å². The summed E-state index contributed by atoms with van der Waals surface area (Å²) in [7, 11) is 3.54. The first-order valence-electron chi connectivity index (χ1n) is 26.5. The maximum absolute atomic E-state index is 13.8. The topological polar surface area (TPSA) is 129 Å². The molecule has 8 rings (SSSR count). The van der Waals surface area contributed by atoms with Crippen molar-refractivity contribution in [2.24, 2.45) is 35.5 Å². The molecule has 71 heavy (non-hydrogen) atoms. The van der Waals surface area contributed by atoms with Gasteiger partial charge in [-0.05, 0) is 218 Å². The lowest BCUT2D eigenvalue weighted by Crippen LogP contribution is -2.50. The lowest BCUT2D eigenvalue weighted by molar-refractivity contribution is -0.143. The summed E-state index contributed by atoms with van der Waals surface area (Å²) in [6, 6.07) is 13.3. The predicted octanol–water partition coefficient (Wildman–Crippen LogP) is 13.0. The molecule has 2 saturated carbocycles. The van der Waals surface area contributed by atoms with Crippen LogP contribution >= 0.6 is 23.2 Å². The fourth-order valence-corrected chi connectivity index (χ4v) is 12.2. The number of carboxylic acids is 1. The fourth-order valence-electron chi connectivity index (χ4n) is 11.9. The highest BCUT2D eigenvalue weighted by Crippen LogP contribution is 2.45. The molecule has 2 unspecified atom stereocenters. The summed E-state index contributed by atoms with van der Waals surface area (Å²) in [5, 5.41) is 14.2. The second-order valence-corrected chi connectivity index (χ2v) is 24.7. The molecule has 2 aliphatic heterocycles. The third kappa shape index (κ3) is 14.8. The lowest BCUT2D eigenvalue weighted by Gasteiger charge is -2.42. The molecule has 392 valence electrons. The van der Waals surface area contributed by atoms with Crippen molar-refractivity contribution in [1.82, 2.24) is 20.0 Å². The minimum absolute atomic E-state index is 0.0831. The van der Waals surface area contributed by atoms with Gasteiger partial charge in [0.05, 0.1) is 12.0 Å². The van der Waals surface area contributed by atoms with E-state index in [-0.39, 0.29) is 30.1 Å². The summed E-state index contributed by atoms with van der Waals surface area (Å²) in [6.07, 6.45) is 10.4. The number of hydrogen-bond donors (Lipinski definition) is 2. The van der Waals surface area contributed by atoms with E-state index in [1.165, 1.54) is 33.4 Å². The van der Waals surface area contributed by atoms with Crippen molar-refractivity contribution in [3.63, 3.8) is 0 Å². The van der Waals surface area contributed by atoms with E-state index < -0.39 is 17.2 Å². The minimum Gasteiger partial charge on any atom is -0.481 e.